The molecule has 1 saturated carbocycles. The van der Waals surface area contributed by atoms with Crippen LogP contribution in [0.25, 0.3) is 16.6 Å². The molecule has 1 fully saturated rings. The maximum atomic E-state index is 13.2. The van der Waals surface area contributed by atoms with E-state index in [9.17, 15) is 4.79 Å². The fourth-order valence-corrected chi connectivity index (χ4v) is 4.85. The maximum Gasteiger partial charge on any atom is 0.259 e. The zero-order valence-electron chi connectivity index (χ0n) is 18.6. The zero-order chi connectivity index (χ0) is 23.9. The number of rotatable bonds is 6. The summed E-state index contributed by atoms with van der Waals surface area (Å²) in [5, 5.41) is 11.7. The van der Waals surface area contributed by atoms with E-state index >= 15 is 0 Å². The van der Waals surface area contributed by atoms with Crippen molar-refractivity contribution >= 4 is 34.9 Å². The molecule has 1 aliphatic rings. The third kappa shape index (κ3) is 3.74. The second-order valence-electron chi connectivity index (χ2n) is 8.71. The first-order chi connectivity index (χ1) is 16.4. The van der Waals surface area contributed by atoms with Gasteiger partial charge in [0, 0.05) is 43.6 Å². The number of nitrogens with zero attached hydrogens (tertiary/aromatic N) is 6. The van der Waals surface area contributed by atoms with Gasteiger partial charge in [0.05, 0.1) is 11.8 Å². The van der Waals surface area contributed by atoms with Gasteiger partial charge in [-0.25, -0.2) is 11.6 Å². The van der Waals surface area contributed by atoms with Crippen molar-refractivity contribution in [3.05, 3.63) is 94.7 Å². The van der Waals surface area contributed by atoms with Gasteiger partial charge in [0.15, 0.2) is 5.65 Å². The van der Waals surface area contributed by atoms with Gasteiger partial charge in [0.1, 0.15) is 17.3 Å². The van der Waals surface area contributed by atoms with E-state index in [0.29, 0.717) is 28.5 Å². The molecule has 1 amide bonds. The van der Waals surface area contributed by atoms with Crippen LogP contribution in [0.2, 0.25) is 5.15 Å². The molecule has 0 bridgehead atoms. The van der Waals surface area contributed by atoms with Crippen LogP contribution in [0.3, 0.4) is 0 Å². The Labute approximate surface area is 201 Å². The summed E-state index contributed by atoms with van der Waals surface area (Å²) in [6.07, 6.45) is 8.82. The summed E-state index contributed by atoms with van der Waals surface area (Å²) in [5.41, 5.74) is 3.16. The second-order valence-corrected chi connectivity index (χ2v) is 9.09. The van der Waals surface area contributed by atoms with E-state index in [0.717, 1.165) is 29.8 Å². The summed E-state index contributed by atoms with van der Waals surface area (Å²) in [6, 6.07) is 9.56. The first-order valence-corrected chi connectivity index (χ1v) is 11.2. The van der Waals surface area contributed by atoms with Crippen LogP contribution in [0, 0.1) is 6.57 Å². The third-order valence-electron chi connectivity index (χ3n) is 6.53. The van der Waals surface area contributed by atoms with Crippen LogP contribution in [0.15, 0.2) is 55.6 Å². The topological polar surface area (TPSA) is 81.5 Å². The number of pyridine rings is 1. The van der Waals surface area contributed by atoms with E-state index in [1.54, 1.807) is 29.1 Å². The molecule has 0 spiro atoms. The Morgan fingerprint density at radius 3 is 2.94 bits per heavy atom. The number of aromatic nitrogens is 5. The average molecular weight is 472 g/mol. The number of anilines is 1. The minimum absolute atomic E-state index is 0.00779. The fraction of sp³-hybridized carbons (Fsp3) is 0.240. The molecule has 1 aliphatic carbocycles. The number of benzene rings is 1. The molecule has 8 nitrogen and oxygen atoms in total. The quantitative estimate of drug-likeness (QED) is 0.417. The van der Waals surface area contributed by atoms with Crippen LogP contribution in [0.1, 0.15) is 40.2 Å². The Kier molecular flexibility index (Phi) is 5.42. The van der Waals surface area contributed by atoms with E-state index in [1.807, 2.05) is 29.8 Å². The van der Waals surface area contributed by atoms with Gasteiger partial charge in [-0.2, -0.15) is 0 Å². The van der Waals surface area contributed by atoms with Crippen LogP contribution in [-0.2, 0) is 18.9 Å². The molecule has 9 heteroatoms. The lowest BCUT2D eigenvalue weighted by molar-refractivity contribution is 0.102. The molecule has 0 unspecified atom stereocenters. The highest BCUT2D eigenvalue weighted by Gasteiger charge is 2.50. The fourth-order valence-electron chi connectivity index (χ4n) is 4.67. The predicted octanol–water partition coefficient (Wildman–Crippen LogP) is 4.57. The van der Waals surface area contributed by atoms with Crippen LogP contribution < -0.4 is 5.32 Å². The first kappa shape index (κ1) is 21.9. The number of nitrogens with one attached hydrogen (secondary N) is 1. The van der Waals surface area contributed by atoms with Crippen molar-refractivity contribution < 1.29 is 4.79 Å². The Balaban J connectivity index is 1.46. The number of halogens is 1. The van der Waals surface area contributed by atoms with Crippen molar-refractivity contribution in [1.82, 2.24) is 24.1 Å². The van der Waals surface area contributed by atoms with Gasteiger partial charge < -0.3 is 14.7 Å². The Bertz CT molecular complexity index is 1460. The summed E-state index contributed by atoms with van der Waals surface area (Å²) in [7, 11) is 1.92. The third-order valence-corrected chi connectivity index (χ3v) is 6.81. The first-order valence-electron chi connectivity index (χ1n) is 10.8. The molecule has 170 valence electrons. The van der Waals surface area contributed by atoms with Crippen LogP contribution in [-0.4, -0.2) is 36.1 Å². The molecule has 0 aliphatic heterocycles. The van der Waals surface area contributed by atoms with Gasteiger partial charge in [0.2, 0.25) is 6.04 Å². The molecular weight excluding hydrogens is 450 g/mol. The van der Waals surface area contributed by atoms with Crippen LogP contribution in [0.4, 0.5) is 5.69 Å². The van der Waals surface area contributed by atoms with Crippen LogP contribution >= 0.6 is 11.6 Å². The normalized spacial score (nSPS) is 19.4. The smallest absolute Gasteiger partial charge is 0.259 e. The van der Waals surface area contributed by atoms with Crippen molar-refractivity contribution in [2.45, 2.75) is 30.7 Å². The Morgan fingerprint density at radius 1 is 1.41 bits per heavy atom. The lowest BCUT2D eigenvalue weighted by Gasteiger charge is -2.42. The molecule has 34 heavy (non-hydrogen) atoms. The van der Waals surface area contributed by atoms with Crippen molar-refractivity contribution in [3.8, 4) is 0 Å². The van der Waals surface area contributed by atoms with Crippen molar-refractivity contribution in [2.75, 3.05) is 5.32 Å². The molecule has 0 atom stereocenters. The number of hydrogen-bond acceptors (Lipinski definition) is 4. The van der Waals surface area contributed by atoms with Gasteiger partial charge in [-0.15, -0.1) is 10.2 Å². The van der Waals surface area contributed by atoms with E-state index < -0.39 is 0 Å². The standard InChI is InChI=1S/C25H22ClN7O/c1-4-16-8-20(23-28-13-21(26)33(23)14-16)24(34)30-18-7-5-6-17(9-18)25(10-19(11-25)27-2)12-22-31-29-15-32(22)3/h4-9,13-15,19H,1,10-12H2,3H3,(H,30,34). The molecule has 3 heterocycles. The van der Waals surface area contributed by atoms with E-state index in [4.69, 9.17) is 18.2 Å². The van der Waals surface area contributed by atoms with Gasteiger partial charge in [-0.1, -0.05) is 36.4 Å². The summed E-state index contributed by atoms with van der Waals surface area (Å²) < 4.78 is 3.57. The summed E-state index contributed by atoms with van der Waals surface area (Å²) >= 11 is 6.23. The largest absolute Gasteiger partial charge is 0.322 e. The van der Waals surface area contributed by atoms with Crippen LogP contribution in [0.5, 0.6) is 0 Å². The highest BCUT2D eigenvalue weighted by Crippen LogP contribution is 2.48. The number of fused-ring (bicyclic) bond motifs is 1. The molecule has 1 N–H and O–H groups in total. The molecule has 5 rings (SSSR count). The van der Waals surface area contributed by atoms with Crippen molar-refractivity contribution in [2.24, 2.45) is 7.05 Å². The number of amides is 1. The monoisotopic (exact) mass is 471 g/mol. The molecular formula is C25H22ClN7O. The van der Waals surface area contributed by atoms with Gasteiger partial charge in [-0.3, -0.25) is 9.20 Å². The lowest BCUT2D eigenvalue weighted by atomic mass is 9.60. The van der Waals surface area contributed by atoms with E-state index in [1.165, 1.54) is 6.20 Å². The maximum absolute atomic E-state index is 13.2. The molecule has 1 aromatic carbocycles. The summed E-state index contributed by atoms with van der Waals surface area (Å²) in [6.45, 7) is 11.2. The number of carbonyl (C=O) groups excluding carboxylic acids is 1. The average Bonchev–Trinajstić information content (AvgIpc) is 3.40. The minimum Gasteiger partial charge on any atom is -0.322 e. The molecule has 4 aromatic rings. The highest BCUT2D eigenvalue weighted by atomic mass is 35.5. The number of aryl methyl sites for hydroxylation is 1. The summed E-state index contributed by atoms with van der Waals surface area (Å²) in [4.78, 5) is 21.3. The van der Waals surface area contributed by atoms with E-state index in [2.05, 4.69) is 38.0 Å². The number of hydrogen-bond donors (Lipinski definition) is 1. The van der Waals surface area contributed by atoms with Crippen molar-refractivity contribution in [3.63, 3.8) is 0 Å². The molecule has 0 radical (unpaired) electrons. The van der Waals surface area contributed by atoms with Gasteiger partial charge >= 0.3 is 0 Å². The SMILES string of the molecule is [C-]#[N+]C1CC(Cc2nncn2C)(c2cccc(NC(=O)c3cc(C=C)cn4c(Cl)cnc34)c2)C1. The molecule has 3 aromatic heterocycles. The predicted molar refractivity (Wildman–Crippen MR) is 131 cm³/mol. The van der Waals surface area contributed by atoms with Gasteiger partial charge in [-0.05, 0) is 29.3 Å². The second kappa shape index (κ2) is 8.43. The van der Waals surface area contributed by atoms with Gasteiger partial charge in [0.25, 0.3) is 5.91 Å². The van der Waals surface area contributed by atoms with E-state index in [-0.39, 0.29) is 17.4 Å². The van der Waals surface area contributed by atoms with Crippen molar-refractivity contribution in [1.29, 1.82) is 0 Å². The number of carbonyl (C=O) groups is 1. The molecule has 0 saturated heterocycles. The lowest BCUT2D eigenvalue weighted by Crippen LogP contribution is -2.45. The summed E-state index contributed by atoms with van der Waals surface area (Å²) in [5.74, 6) is 0.584. The number of imidazole rings is 1. The highest BCUT2D eigenvalue weighted by molar-refractivity contribution is 6.30. The minimum atomic E-state index is -0.289. The zero-order valence-corrected chi connectivity index (χ0v) is 19.3. The Hall–Kier alpha value is -3.96. The Morgan fingerprint density at radius 2 is 2.24 bits per heavy atom.